The van der Waals surface area contributed by atoms with Crippen LogP contribution in [-0.2, 0) is 0 Å². The van der Waals surface area contributed by atoms with E-state index in [0.717, 1.165) is 10.5 Å². The van der Waals surface area contributed by atoms with E-state index in [1.807, 2.05) is 24.4 Å². The third-order valence-corrected chi connectivity index (χ3v) is 4.29. The van der Waals surface area contributed by atoms with Gasteiger partial charge in [-0.15, -0.1) is 23.1 Å². The molecule has 17 heavy (non-hydrogen) atoms. The topological polar surface area (TPSA) is 20.2 Å². The van der Waals surface area contributed by atoms with Crippen LogP contribution in [0.1, 0.15) is 16.5 Å². The van der Waals surface area contributed by atoms with Crippen LogP contribution in [0.25, 0.3) is 0 Å². The molecule has 0 aliphatic rings. The zero-order valence-corrected chi connectivity index (χ0v) is 11.0. The molecule has 1 N–H and O–H groups in total. The van der Waals surface area contributed by atoms with Crippen LogP contribution in [0.3, 0.4) is 0 Å². The molecule has 4 heteroatoms. The standard InChI is InChI=1S/C13H13FOS2/c1-9-5-10(7-16-9)13(15)8-17-12-4-2-3-11(14)6-12/h2-7,13,15H,8H2,1H3. The van der Waals surface area contributed by atoms with Gasteiger partial charge in [-0.25, -0.2) is 4.39 Å². The van der Waals surface area contributed by atoms with Crippen molar-refractivity contribution in [3.8, 4) is 0 Å². The second-order valence-corrected chi connectivity index (χ2v) is 5.98. The highest BCUT2D eigenvalue weighted by molar-refractivity contribution is 7.99. The van der Waals surface area contributed by atoms with Gasteiger partial charge in [-0.3, -0.25) is 0 Å². The molecule has 1 aromatic carbocycles. The summed E-state index contributed by atoms with van der Waals surface area (Å²) in [5.41, 5.74) is 0.941. The molecule has 1 atom stereocenters. The van der Waals surface area contributed by atoms with Crippen LogP contribution in [-0.4, -0.2) is 10.9 Å². The highest BCUT2D eigenvalue weighted by Crippen LogP contribution is 2.27. The minimum Gasteiger partial charge on any atom is -0.388 e. The quantitative estimate of drug-likeness (QED) is 0.845. The first-order valence-corrected chi connectivity index (χ1v) is 7.13. The zero-order chi connectivity index (χ0) is 12.3. The first-order chi connectivity index (χ1) is 8.15. The average Bonchev–Trinajstić information content (AvgIpc) is 2.73. The van der Waals surface area contributed by atoms with Gasteiger partial charge in [0.1, 0.15) is 5.82 Å². The van der Waals surface area contributed by atoms with E-state index in [-0.39, 0.29) is 5.82 Å². The molecule has 0 aliphatic carbocycles. The molecule has 0 fully saturated rings. The van der Waals surface area contributed by atoms with Crippen LogP contribution < -0.4 is 0 Å². The molecule has 0 amide bonds. The molecule has 0 saturated carbocycles. The van der Waals surface area contributed by atoms with Gasteiger partial charge in [0.2, 0.25) is 0 Å². The molecule has 0 radical (unpaired) electrons. The Hall–Kier alpha value is -0.840. The third-order valence-electron chi connectivity index (χ3n) is 2.34. The van der Waals surface area contributed by atoms with Gasteiger partial charge in [-0.2, -0.15) is 0 Å². The Morgan fingerprint density at radius 2 is 2.24 bits per heavy atom. The Labute approximate surface area is 108 Å². The number of thioether (sulfide) groups is 1. The highest BCUT2D eigenvalue weighted by atomic mass is 32.2. The minimum atomic E-state index is -0.492. The number of aliphatic hydroxyl groups excluding tert-OH is 1. The van der Waals surface area contributed by atoms with Crippen molar-refractivity contribution in [1.82, 2.24) is 0 Å². The maximum absolute atomic E-state index is 12.9. The molecule has 1 nitrogen and oxygen atoms in total. The van der Waals surface area contributed by atoms with Crippen molar-refractivity contribution in [3.05, 3.63) is 52.0 Å². The SMILES string of the molecule is Cc1cc(C(O)CSc2cccc(F)c2)cs1. The summed E-state index contributed by atoms with van der Waals surface area (Å²) in [6, 6.07) is 8.42. The monoisotopic (exact) mass is 268 g/mol. The van der Waals surface area contributed by atoms with Crippen molar-refractivity contribution in [2.45, 2.75) is 17.9 Å². The van der Waals surface area contributed by atoms with E-state index in [9.17, 15) is 9.50 Å². The van der Waals surface area contributed by atoms with E-state index < -0.39 is 6.10 Å². The number of aliphatic hydroxyl groups is 1. The van der Waals surface area contributed by atoms with E-state index in [0.29, 0.717) is 5.75 Å². The Morgan fingerprint density at radius 1 is 1.41 bits per heavy atom. The van der Waals surface area contributed by atoms with Gasteiger partial charge in [0, 0.05) is 15.5 Å². The van der Waals surface area contributed by atoms with Gasteiger partial charge < -0.3 is 5.11 Å². The fourth-order valence-corrected chi connectivity index (χ4v) is 3.13. The second-order valence-electron chi connectivity index (χ2n) is 3.77. The van der Waals surface area contributed by atoms with E-state index in [4.69, 9.17) is 0 Å². The second kappa shape index (κ2) is 5.67. The lowest BCUT2D eigenvalue weighted by molar-refractivity contribution is 0.204. The molecular weight excluding hydrogens is 255 g/mol. The summed E-state index contributed by atoms with van der Waals surface area (Å²) in [7, 11) is 0. The van der Waals surface area contributed by atoms with Gasteiger partial charge in [-0.1, -0.05) is 6.07 Å². The lowest BCUT2D eigenvalue weighted by Crippen LogP contribution is -1.98. The fourth-order valence-electron chi connectivity index (χ4n) is 1.47. The van der Waals surface area contributed by atoms with Crippen molar-refractivity contribution in [2.24, 2.45) is 0 Å². The molecule has 0 aliphatic heterocycles. The Balaban J connectivity index is 1.94. The maximum atomic E-state index is 12.9. The molecule has 0 bridgehead atoms. The smallest absolute Gasteiger partial charge is 0.124 e. The van der Waals surface area contributed by atoms with E-state index >= 15 is 0 Å². The third kappa shape index (κ3) is 3.56. The first kappa shape index (κ1) is 12.6. The van der Waals surface area contributed by atoms with Crippen LogP contribution in [0.4, 0.5) is 4.39 Å². The molecule has 1 heterocycles. The fraction of sp³-hybridized carbons (Fsp3) is 0.231. The van der Waals surface area contributed by atoms with Gasteiger partial charge in [0.15, 0.2) is 0 Å². The number of rotatable bonds is 4. The number of benzene rings is 1. The minimum absolute atomic E-state index is 0.240. The Kier molecular flexibility index (Phi) is 4.20. The molecule has 1 aromatic heterocycles. The lowest BCUT2D eigenvalue weighted by Gasteiger charge is -2.08. The summed E-state index contributed by atoms with van der Waals surface area (Å²) >= 11 is 3.09. The van der Waals surface area contributed by atoms with Crippen molar-refractivity contribution in [3.63, 3.8) is 0 Å². The molecule has 2 rings (SSSR count). The number of hydrogen-bond acceptors (Lipinski definition) is 3. The van der Waals surface area contributed by atoms with E-state index in [1.165, 1.54) is 28.8 Å². The largest absolute Gasteiger partial charge is 0.388 e. The van der Waals surface area contributed by atoms with Crippen LogP contribution in [0.2, 0.25) is 0 Å². The summed E-state index contributed by atoms with van der Waals surface area (Å²) in [5.74, 6) is 0.301. The zero-order valence-electron chi connectivity index (χ0n) is 9.39. The summed E-state index contributed by atoms with van der Waals surface area (Å²) < 4.78 is 12.9. The number of aryl methyl sites for hydroxylation is 1. The van der Waals surface area contributed by atoms with Gasteiger partial charge in [-0.05, 0) is 42.1 Å². The van der Waals surface area contributed by atoms with Crippen LogP contribution >= 0.6 is 23.1 Å². The molecular formula is C13H13FOS2. The van der Waals surface area contributed by atoms with Crippen molar-refractivity contribution in [2.75, 3.05) is 5.75 Å². The average molecular weight is 268 g/mol. The summed E-state index contributed by atoms with van der Waals surface area (Å²) in [6.07, 6.45) is -0.492. The van der Waals surface area contributed by atoms with Crippen molar-refractivity contribution >= 4 is 23.1 Å². The predicted octanol–water partition coefficient (Wildman–Crippen LogP) is 4.02. The number of halogens is 1. The van der Waals surface area contributed by atoms with Crippen LogP contribution in [0.5, 0.6) is 0 Å². The van der Waals surface area contributed by atoms with Gasteiger partial charge in [0.25, 0.3) is 0 Å². The van der Waals surface area contributed by atoms with Crippen molar-refractivity contribution < 1.29 is 9.50 Å². The van der Waals surface area contributed by atoms with E-state index in [2.05, 4.69) is 0 Å². The van der Waals surface area contributed by atoms with Crippen molar-refractivity contribution in [1.29, 1.82) is 0 Å². The summed E-state index contributed by atoms with van der Waals surface area (Å²) in [5, 5.41) is 11.9. The lowest BCUT2D eigenvalue weighted by atomic mass is 10.2. The van der Waals surface area contributed by atoms with E-state index in [1.54, 1.807) is 17.4 Å². The maximum Gasteiger partial charge on any atom is 0.124 e. The van der Waals surface area contributed by atoms with Gasteiger partial charge in [0.05, 0.1) is 6.10 Å². The normalized spacial score (nSPS) is 12.6. The Morgan fingerprint density at radius 3 is 2.88 bits per heavy atom. The summed E-state index contributed by atoms with van der Waals surface area (Å²) in [6.45, 7) is 2.01. The van der Waals surface area contributed by atoms with Crippen LogP contribution in [0, 0.1) is 12.7 Å². The molecule has 1 unspecified atom stereocenters. The van der Waals surface area contributed by atoms with Gasteiger partial charge >= 0.3 is 0 Å². The molecule has 2 aromatic rings. The highest BCUT2D eigenvalue weighted by Gasteiger charge is 2.09. The molecule has 90 valence electrons. The Bertz CT molecular complexity index is 496. The summed E-state index contributed by atoms with van der Waals surface area (Å²) in [4.78, 5) is 2.03. The predicted molar refractivity (Wildman–Crippen MR) is 71.1 cm³/mol. The molecule has 0 saturated heterocycles. The molecule has 0 spiro atoms. The first-order valence-electron chi connectivity index (χ1n) is 5.26. The number of thiophene rings is 1. The van der Waals surface area contributed by atoms with Crippen LogP contribution in [0.15, 0.2) is 40.6 Å². The number of hydrogen-bond donors (Lipinski definition) is 1.